The van der Waals surface area contributed by atoms with Crippen LogP contribution >= 0.6 is 11.8 Å². The molecule has 0 aromatic heterocycles. The lowest BCUT2D eigenvalue weighted by atomic mass is 10.2. The Balaban J connectivity index is 1.91. The Bertz CT molecular complexity index is 652. The predicted molar refractivity (Wildman–Crippen MR) is 87.8 cm³/mol. The summed E-state index contributed by atoms with van der Waals surface area (Å²) in [6, 6.07) is 15.3. The molecule has 0 spiro atoms. The summed E-state index contributed by atoms with van der Waals surface area (Å²) in [5.74, 6) is 0.746. The Labute approximate surface area is 128 Å². The summed E-state index contributed by atoms with van der Waals surface area (Å²) >= 11 is 1.56. The first-order valence-corrected chi connectivity index (χ1v) is 7.76. The van der Waals surface area contributed by atoms with E-state index < -0.39 is 0 Å². The fourth-order valence-corrected chi connectivity index (χ4v) is 2.50. The van der Waals surface area contributed by atoms with E-state index >= 15 is 0 Å². The molecular formula is C16H17N3OS. The molecule has 0 bridgehead atoms. The Kier molecular flexibility index (Phi) is 5.35. The number of benzene rings is 2. The van der Waals surface area contributed by atoms with Gasteiger partial charge in [0, 0.05) is 23.2 Å². The zero-order chi connectivity index (χ0) is 15.1. The lowest BCUT2D eigenvalue weighted by molar-refractivity contribution is 0.333. The van der Waals surface area contributed by atoms with Crippen LogP contribution in [0.5, 0.6) is 5.75 Å². The normalized spacial score (nSPS) is 9.90. The summed E-state index contributed by atoms with van der Waals surface area (Å²) < 4.78 is 5.61. The van der Waals surface area contributed by atoms with Crippen LogP contribution in [0.2, 0.25) is 0 Å². The van der Waals surface area contributed by atoms with Gasteiger partial charge in [0.25, 0.3) is 0 Å². The van der Waals surface area contributed by atoms with Crippen molar-refractivity contribution in [1.82, 2.24) is 0 Å². The summed E-state index contributed by atoms with van der Waals surface area (Å²) in [5, 5.41) is 12.5. The molecular weight excluding hydrogens is 282 g/mol. The van der Waals surface area contributed by atoms with Gasteiger partial charge in [0.05, 0.1) is 11.3 Å². The number of nitrogens with one attached hydrogen (secondary N) is 1. The van der Waals surface area contributed by atoms with Crippen molar-refractivity contribution >= 4 is 23.1 Å². The van der Waals surface area contributed by atoms with Crippen molar-refractivity contribution in [3.63, 3.8) is 0 Å². The molecule has 0 saturated heterocycles. The number of ether oxygens (including phenoxy) is 1. The van der Waals surface area contributed by atoms with Crippen LogP contribution in [0, 0.1) is 11.3 Å². The Morgan fingerprint density at radius 1 is 1.29 bits per heavy atom. The van der Waals surface area contributed by atoms with Gasteiger partial charge in [0.15, 0.2) is 0 Å². The van der Waals surface area contributed by atoms with Gasteiger partial charge in [-0.3, -0.25) is 0 Å². The molecule has 0 saturated carbocycles. The van der Waals surface area contributed by atoms with Crippen molar-refractivity contribution in [3.8, 4) is 11.8 Å². The zero-order valence-electron chi connectivity index (χ0n) is 11.8. The molecule has 2 aromatic carbocycles. The van der Waals surface area contributed by atoms with Gasteiger partial charge in [0.1, 0.15) is 18.4 Å². The third-order valence-corrected chi connectivity index (χ3v) is 3.68. The first-order chi connectivity index (χ1) is 10.2. The molecule has 3 N–H and O–H groups in total. The number of rotatable bonds is 6. The van der Waals surface area contributed by atoms with Gasteiger partial charge in [-0.25, -0.2) is 0 Å². The lowest BCUT2D eigenvalue weighted by Crippen LogP contribution is -2.12. The van der Waals surface area contributed by atoms with E-state index in [0.29, 0.717) is 24.4 Å². The first-order valence-electron chi connectivity index (χ1n) is 6.54. The largest absolute Gasteiger partial charge is 0.492 e. The van der Waals surface area contributed by atoms with Crippen LogP contribution in [0.4, 0.5) is 11.4 Å². The average Bonchev–Trinajstić information content (AvgIpc) is 2.51. The second-order valence-corrected chi connectivity index (χ2v) is 5.19. The number of nitrogens with zero attached hydrogens (tertiary/aromatic N) is 1. The van der Waals surface area contributed by atoms with Gasteiger partial charge in [-0.2, -0.15) is 5.26 Å². The Hall–Kier alpha value is -2.32. The number of thioether (sulfide) groups is 1. The van der Waals surface area contributed by atoms with Gasteiger partial charge >= 0.3 is 0 Å². The van der Waals surface area contributed by atoms with E-state index in [2.05, 4.69) is 11.4 Å². The minimum absolute atomic E-state index is 0.498. The van der Waals surface area contributed by atoms with Crippen LogP contribution in [0.3, 0.4) is 0 Å². The van der Waals surface area contributed by atoms with Gasteiger partial charge < -0.3 is 15.8 Å². The lowest BCUT2D eigenvalue weighted by Gasteiger charge is -2.11. The van der Waals surface area contributed by atoms with Crippen LogP contribution in [-0.2, 0) is 0 Å². The quantitative estimate of drug-likeness (QED) is 0.486. The highest BCUT2D eigenvalue weighted by Crippen LogP contribution is 2.26. The molecule has 0 fully saturated rings. The van der Waals surface area contributed by atoms with Gasteiger partial charge in [-0.05, 0) is 30.5 Å². The topological polar surface area (TPSA) is 71.1 Å². The van der Waals surface area contributed by atoms with Crippen LogP contribution in [0.1, 0.15) is 5.56 Å². The van der Waals surface area contributed by atoms with E-state index in [-0.39, 0.29) is 0 Å². The number of anilines is 2. The van der Waals surface area contributed by atoms with E-state index in [0.717, 1.165) is 16.3 Å². The van der Waals surface area contributed by atoms with E-state index in [9.17, 15) is 5.26 Å². The van der Waals surface area contributed by atoms with Gasteiger partial charge in [-0.15, -0.1) is 11.8 Å². The Morgan fingerprint density at radius 3 is 2.81 bits per heavy atom. The minimum atomic E-state index is 0.498. The van der Waals surface area contributed by atoms with Crippen molar-refractivity contribution in [2.45, 2.75) is 4.90 Å². The summed E-state index contributed by atoms with van der Waals surface area (Å²) in [6.07, 6.45) is 1.96. The van der Waals surface area contributed by atoms with Crippen molar-refractivity contribution in [2.24, 2.45) is 0 Å². The smallest absolute Gasteiger partial charge is 0.121 e. The van der Waals surface area contributed by atoms with E-state index in [1.54, 1.807) is 17.8 Å². The second kappa shape index (κ2) is 7.46. The summed E-state index contributed by atoms with van der Waals surface area (Å²) in [5.41, 5.74) is 7.88. The molecule has 0 aliphatic carbocycles. The number of nitrogen functional groups attached to an aromatic ring is 1. The molecule has 2 rings (SSSR count). The molecule has 0 aliphatic heterocycles. The molecule has 108 valence electrons. The molecule has 0 radical (unpaired) electrons. The summed E-state index contributed by atoms with van der Waals surface area (Å²) in [7, 11) is 0. The fourth-order valence-electron chi connectivity index (χ4n) is 1.92. The minimum Gasteiger partial charge on any atom is -0.492 e. The van der Waals surface area contributed by atoms with E-state index in [1.807, 2.05) is 42.7 Å². The summed E-state index contributed by atoms with van der Waals surface area (Å²) in [4.78, 5) is 0.972. The summed E-state index contributed by atoms with van der Waals surface area (Å²) in [6.45, 7) is 1.11. The molecule has 4 nitrogen and oxygen atoms in total. The number of hydrogen-bond donors (Lipinski definition) is 2. The standard InChI is InChI=1S/C16H17N3OS/c1-21-16-7-3-6-15(14(16)11-17)19-8-9-20-13-5-2-4-12(18)10-13/h2-7,10,19H,8-9,18H2,1H3. The fraction of sp³-hybridized carbons (Fsp3) is 0.188. The number of hydrogen-bond acceptors (Lipinski definition) is 5. The first kappa shape index (κ1) is 15.1. The van der Waals surface area contributed by atoms with Crippen molar-refractivity contribution in [2.75, 3.05) is 30.5 Å². The van der Waals surface area contributed by atoms with Gasteiger partial charge in [-0.1, -0.05) is 12.1 Å². The van der Waals surface area contributed by atoms with Crippen molar-refractivity contribution < 1.29 is 4.74 Å². The molecule has 0 aliphatic rings. The third kappa shape index (κ3) is 4.07. The maximum absolute atomic E-state index is 9.25. The highest BCUT2D eigenvalue weighted by atomic mass is 32.2. The van der Waals surface area contributed by atoms with Crippen molar-refractivity contribution in [3.05, 3.63) is 48.0 Å². The Morgan fingerprint density at radius 2 is 2.10 bits per heavy atom. The molecule has 0 amide bonds. The maximum Gasteiger partial charge on any atom is 0.121 e. The van der Waals surface area contributed by atoms with Crippen LogP contribution in [-0.4, -0.2) is 19.4 Å². The molecule has 2 aromatic rings. The van der Waals surface area contributed by atoms with Crippen LogP contribution in [0.25, 0.3) is 0 Å². The van der Waals surface area contributed by atoms with Gasteiger partial charge in [0.2, 0.25) is 0 Å². The van der Waals surface area contributed by atoms with Crippen molar-refractivity contribution in [1.29, 1.82) is 5.26 Å². The molecule has 0 atom stereocenters. The monoisotopic (exact) mass is 299 g/mol. The SMILES string of the molecule is CSc1cccc(NCCOc2cccc(N)c2)c1C#N. The predicted octanol–water partition coefficient (Wildman–Crippen LogP) is 3.35. The zero-order valence-corrected chi connectivity index (χ0v) is 12.6. The van der Waals surface area contributed by atoms with E-state index in [4.69, 9.17) is 10.5 Å². The van der Waals surface area contributed by atoms with E-state index in [1.165, 1.54) is 0 Å². The van der Waals surface area contributed by atoms with Crippen LogP contribution < -0.4 is 15.8 Å². The van der Waals surface area contributed by atoms with Crippen LogP contribution in [0.15, 0.2) is 47.4 Å². The highest BCUT2D eigenvalue weighted by Gasteiger charge is 2.06. The highest BCUT2D eigenvalue weighted by molar-refractivity contribution is 7.98. The molecule has 5 heteroatoms. The maximum atomic E-state index is 9.25. The average molecular weight is 299 g/mol. The molecule has 21 heavy (non-hydrogen) atoms. The number of nitriles is 1. The third-order valence-electron chi connectivity index (χ3n) is 2.90. The second-order valence-electron chi connectivity index (χ2n) is 4.34. The molecule has 0 unspecified atom stereocenters. The molecule has 0 heterocycles. The number of nitrogens with two attached hydrogens (primary N) is 1.